The first-order valence-corrected chi connectivity index (χ1v) is 7.18. The number of rotatable bonds is 3. The van der Waals surface area contributed by atoms with Gasteiger partial charge in [0.2, 0.25) is 0 Å². The number of nitrogens with zero attached hydrogens (tertiary/aromatic N) is 4. The first-order valence-electron chi connectivity index (χ1n) is 5.48. The number of hydrogen-bond acceptors (Lipinski definition) is 7. The molecular weight excluding hydrogens is 280 g/mol. The van der Waals surface area contributed by atoms with Gasteiger partial charge in [-0.25, -0.2) is 4.98 Å². The maximum atomic E-state index is 8.79. The quantitative estimate of drug-likeness (QED) is 0.740. The summed E-state index contributed by atoms with van der Waals surface area (Å²) >= 11 is 2.92. The van der Waals surface area contributed by atoms with E-state index in [9.17, 15) is 0 Å². The minimum atomic E-state index is 0.453. The average Bonchev–Trinajstić information content (AvgIpc) is 3.10. The van der Waals surface area contributed by atoms with Gasteiger partial charge in [-0.3, -0.25) is 0 Å². The zero-order valence-electron chi connectivity index (χ0n) is 9.95. The Bertz CT molecular complexity index is 750. The van der Waals surface area contributed by atoms with E-state index in [0.717, 1.165) is 15.6 Å². The molecule has 0 amide bonds. The molecule has 0 aromatic carbocycles. The third-order valence-corrected chi connectivity index (χ3v) is 4.32. The van der Waals surface area contributed by atoms with Crippen LogP contribution >= 0.6 is 22.7 Å². The third kappa shape index (κ3) is 2.54. The Hall–Kier alpha value is -2.04. The lowest BCUT2D eigenvalue weighted by atomic mass is 10.4. The standard InChI is InChI=1S/C12H8N4OS2/c1-7-6-18-11(14-7)4-10-15-12(17-16-10)9-3-2-8(5-13)19-9/h2-3,6H,4H2,1H3. The van der Waals surface area contributed by atoms with Gasteiger partial charge in [-0.15, -0.1) is 22.7 Å². The summed E-state index contributed by atoms with van der Waals surface area (Å²) < 4.78 is 5.20. The summed E-state index contributed by atoms with van der Waals surface area (Å²) in [5, 5.41) is 15.7. The Morgan fingerprint density at radius 2 is 2.26 bits per heavy atom. The van der Waals surface area contributed by atoms with Gasteiger partial charge in [0.25, 0.3) is 5.89 Å². The Morgan fingerprint density at radius 3 is 2.95 bits per heavy atom. The van der Waals surface area contributed by atoms with Crippen molar-refractivity contribution in [2.24, 2.45) is 0 Å². The molecule has 0 saturated heterocycles. The highest BCUT2D eigenvalue weighted by Crippen LogP contribution is 2.26. The number of thiophene rings is 1. The summed E-state index contributed by atoms with van der Waals surface area (Å²) in [5.74, 6) is 1.06. The van der Waals surface area contributed by atoms with E-state index in [-0.39, 0.29) is 0 Å². The van der Waals surface area contributed by atoms with E-state index in [1.807, 2.05) is 18.4 Å². The van der Waals surface area contributed by atoms with Gasteiger partial charge < -0.3 is 4.52 Å². The lowest BCUT2D eigenvalue weighted by Crippen LogP contribution is -1.89. The van der Waals surface area contributed by atoms with Crippen molar-refractivity contribution >= 4 is 22.7 Å². The molecule has 0 aliphatic heterocycles. The molecule has 19 heavy (non-hydrogen) atoms. The highest BCUT2D eigenvalue weighted by Gasteiger charge is 2.12. The number of thiazole rings is 1. The van der Waals surface area contributed by atoms with Crippen molar-refractivity contribution in [2.45, 2.75) is 13.3 Å². The summed E-state index contributed by atoms with van der Waals surface area (Å²) in [7, 11) is 0. The van der Waals surface area contributed by atoms with Crippen LogP contribution in [0.3, 0.4) is 0 Å². The van der Waals surface area contributed by atoms with E-state index in [2.05, 4.69) is 21.2 Å². The van der Waals surface area contributed by atoms with Gasteiger partial charge >= 0.3 is 0 Å². The van der Waals surface area contributed by atoms with Crippen LogP contribution in [0.25, 0.3) is 10.8 Å². The fraction of sp³-hybridized carbons (Fsp3) is 0.167. The van der Waals surface area contributed by atoms with Crippen molar-refractivity contribution in [3.63, 3.8) is 0 Å². The first kappa shape index (κ1) is 12.0. The predicted octanol–water partition coefficient (Wildman–Crippen LogP) is 3.03. The Kier molecular flexibility index (Phi) is 3.11. The molecule has 3 aromatic heterocycles. The molecule has 5 nitrogen and oxygen atoms in total. The SMILES string of the molecule is Cc1csc(Cc2noc(-c3ccc(C#N)s3)n2)n1. The van der Waals surface area contributed by atoms with Crippen molar-refractivity contribution in [2.75, 3.05) is 0 Å². The van der Waals surface area contributed by atoms with Gasteiger partial charge in [0.1, 0.15) is 16.0 Å². The van der Waals surface area contributed by atoms with Crippen LogP contribution in [0.1, 0.15) is 21.4 Å². The Balaban J connectivity index is 1.81. The molecule has 0 radical (unpaired) electrons. The molecule has 94 valence electrons. The second kappa shape index (κ2) is 4.91. The molecule has 0 saturated carbocycles. The lowest BCUT2D eigenvalue weighted by molar-refractivity contribution is 0.424. The minimum absolute atomic E-state index is 0.453. The number of aromatic nitrogens is 3. The van der Waals surface area contributed by atoms with E-state index >= 15 is 0 Å². The zero-order valence-corrected chi connectivity index (χ0v) is 11.6. The number of aryl methyl sites for hydroxylation is 1. The Labute approximate surface area is 117 Å². The molecule has 0 spiro atoms. The van der Waals surface area contributed by atoms with Crippen LogP contribution in [-0.4, -0.2) is 15.1 Å². The smallest absolute Gasteiger partial charge is 0.268 e. The molecule has 0 atom stereocenters. The first-order chi connectivity index (χ1) is 9.24. The second-order valence-electron chi connectivity index (χ2n) is 3.85. The van der Waals surface area contributed by atoms with Crippen molar-refractivity contribution < 1.29 is 4.52 Å². The molecule has 3 aromatic rings. The molecule has 3 heterocycles. The largest absolute Gasteiger partial charge is 0.333 e. The molecule has 0 aliphatic carbocycles. The number of hydrogen-bond donors (Lipinski definition) is 0. The molecule has 0 unspecified atom stereocenters. The summed E-state index contributed by atoms with van der Waals surface area (Å²) in [6.45, 7) is 1.96. The van der Waals surface area contributed by atoms with E-state index in [1.165, 1.54) is 11.3 Å². The van der Waals surface area contributed by atoms with Gasteiger partial charge in [-0.2, -0.15) is 10.2 Å². The van der Waals surface area contributed by atoms with Crippen molar-refractivity contribution in [3.8, 4) is 16.8 Å². The van der Waals surface area contributed by atoms with Gasteiger partial charge in [0, 0.05) is 11.1 Å². The second-order valence-corrected chi connectivity index (χ2v) is 5.88. The predicted molar refractivity (Wildman–Crippen MR) is 72.0 cm³/mol. The van der Waals surface area contributed by atoms with Crippen molar-refractivity contribution in [1.29, 1.82) is 5.26 Å². The molecule has 0 fully saturated rings. The molecule has 0 N–H and O–H groups in total. The van der Waals surface area contributed by atoms with E-state index < -0.39 is 0 Å². The highest BCUT2D eigenvalue weighted by molar-refractivity contribution is 7.15. The van der Waals surface area contributed by atoms with Gasteiger partial charge in [-0.1, -0.05) is 5.16 Å². The van der Waals surface area contributed by atoms with Crippen LogP contribution in [-0.2, 0) is 6.42 Å². The molecular formula is C12H8N4OS2. The molecule has 0 bridgehead atoms. The topological polar surface area (TPSA) is 75.6 Å². The van der Waals surface area contributed by atoms with Crippen LogP contribution in [0.4, 0.5) is 0 Å². The van der Waals surface area contributed by atoms with Crippen molar-refractivity contribution in [1.82, 2.24) is 15.1 Å². The molecule has 0 aliphatic rings. The lowest BCUT2D eigenvalue weighted by Gasteiger charge is -1.87. The fourth-order valence-corrected chi connectivity index (χ4v) is 3.05. The third-order valence-electron chi connectivity index (χ3n) is 2.37. The molecule has 7 heteroatoms. The van der Waals surface area contributed by atoms with Crippen LogP contribution in [0.5, 0.6) is 0 Å². The maximum absolute atomic E-state index is 8.79. The van der Waals surface area contributed by atoms with Crippen LogP contribution < -0.4 is 0 Å². The fourth-order valence-electron chi connectivity index (χ4n) is 1.56. The number of nitriles is 1. The average molecular weight is 288 g/mol. The summed E-state index contributed by atoms with van der Waals surface area (Å²) in [6.07, 6.45) is 0.568. The molecule has 3 rings (SSSR count). The summed E-state index contributed by atoms with van der Waals surface area (Å²) in [6, 6.07) is 5.64. The van der Waals surface area contributed by atoms with E-state index in [0.29, 0.717) is 23.0 Å². The maximum Gasteiger partial charge on any atom is 0.268 e. The van der Waals surface area contributed by atoms with E-state index in [1.54, 1.807) is 17.4 Å². The van der Waals surface area contributed by atoms with Gasteiger partial charge in [0.15, 0.2) is 5.82 Å². The van der Waals surface area contributed by atoms with Crippen LogP contribution in [0.2, 0.25) is 0 Å². The minimum Gasteiger partial charge on any atom is -0.333 e. The van der Waals surface area contributed by atoms with Gasteiger partial charge in [-0.05, 0) is 19.1 Å². The van der Waals surface area contributed by atoms with Crippen LogP contribution in [0.15, 0.2) is 22.0 Å². The zero-order chi connectivity index (χ0) is 13.2. The summed E-state index contributed by atoms with van der Waals surface area (Å²) in [5.41, 5.74) is 1.00. The Morgan fingerprint density at radius 1 is 1.37 bits per heavy atom. The van der Waals surface area contributed by atoms with Crippen molar-refractivity contribution in [3.05, 3.63) is 38.9 Å². The normalized spacial score (nSPS) is 10.5. The monoisotopic (exact) mass is 288 g/mol. The highest BCUT2D eigenvalue weighted by atomic mass is 32.1. The summed E-state index contributed by atoms with van der Waals surface area (Å²) in [4.78, 5) is 10.1. The van der Waals surface area contributed by atoms with Crippen LogP contribution in [0, 0.1) is 18.3 Å². The van der Waals surface area contributed by atoms with E-state index in [4.69, 9.17) is 9.78 Å². The van der Waals surface area contributed by atoms with Gasteiger partial charge in [0.05, 0.1) is 11.3 Å².